The summed E-state index contributed by atoms with van der Waals surface area (Å²) in [4.78, 5) is 68.6. The van der Waals surface area contributed by atoms with Crippen molar-refractivity contribution < 1.29 is 23.9 Å². The molecule has 0 spiro atoms. The first kappa shape index (κ1) is 47.4. The Morgan fingerprint density at radius 3 is 1.52 bits per heavy atom. The van der Waals surface area contributed by atoms with Gasteiger partial charge in [0, 0.05) is 51.1 Å². The number of carbonyl (C=O) groups is 4. The van der Waals surface area contributed by atoms with E-state index in [4.69, 9.17) is 4.98 Å². The quantitative estimate of drug-likeness (QED) is 0.119. The van der Waals surface area contributed by atoms with Crippen LogP contribution in [0.1, 0.15) is 73.1 Å². The molecule has 0 aliphatic carbocycles. The molecule has 15 nitrogen and oxygen atoms in total. The third kappa shape index (κ3) is 15.0. The van der Waals surface area contributed by atoms with Gasteiger partial charge in [-0.05, 0) is 42.4 Å². The van der Waals surface area contributed by atoms with Crippen molar-refractivity contribution >= 4 is 40.1 Å². The summed E-state index contributed by atoms with van der Waals surface area (Å²) in [6, 6.07) is 16.9. The fourth-order valence-electron chi connectivity index (χ4n) is 6.11. The standard InChI is InChI=1S/C23H16N6S.C8H14N2O3.C8H14N2O2.2C3H8/c1-3-17(4-2-15(1)19-9-24-13-26-19)21-11-29-12-22(30-23(29)28-21)18-7-5-16(6-8-18)20-10-25-14-27-20;1-13-8(12)9-6-7(11)10-4-2-3-5-10;1-7(11)9-6-8(12)10-4-2-3-5-10;2*1-3-2/h1-14H,(H,24,26)(H,25,27);2-6H2,1H3,(H,9,12);2-6H2,1H3,(H,9,11);2*3H2,1-2H3. The Labute approximate surface area is 362 Å². The number of aromatic nitrogens is 6. The van der Waals surface area contributed by atoms with Crippen LogP contribution in [0.15, 0.2) is 86.0 Å². The number of thiazole rings is 1. The van der Waals surface area contributed by atoms with Gasteiger partial charge in [0.2, 0.25) is 17.7 Å². The molecule has 8 rings (SSSR count). The number of likely N-dealkylation sites (tertiary alicyclic amines) is 2. The first-order chi connectivity index (χ1) is 29.6. The minimum Gasteiger partial charge on any atom is -0.453 e. The zero-order valence-electron chi connectivity index (χ0n) is 36.2. The van der Waals surface area contributed by atoms with E-state index >= 15 is 0 Å². The molecule has 16 heteroatoms. The lowest BCUT2D eigenvalue weighted by Crippen LogP contribution is -2.38. The topological polar surface area (TPSA) is 183 Å². The molecule has 2 aliphatic rings. The van der Waals surface area contributed by atoms with Gasteiger partial charge < -0.3 is 35.1 Å². The Kier molecular flexibility index (Phi) is 19.7. The molecule has 0 radical (unpaired) electrons. The monoisotopic (exact) mass is 852 g/mol. The van der Waals surface area contributed by atoms with Crippen molar-refractivity contribution in [1.82, 2.24) is 49.8 Å². The van der Waals surface area contributed by atoms with Crippen LogP contribution in [-0.4, -0.2) is 109 Å². The van der Waals surface area contributed by atoms with Crippen LogP contribution < -0.4 is 10.6 Å². The number of fused-ring (bicyclic) bond motifs is 1. The van der Waals surface area contributed by atoms with E-state index in [2.05, 4.69) is 128 Å². The minimum absolute atomic E-state index is 0.0303. The van der Waals surface area contributed by atoms with E-state index < -0.39 is 6.09 Å². The van der Waals surface area contributed by atoms with Gasteiger partial charge in [0.15, 0.2) is 4.96 Å². The fraction of sp³-hybridized carbons (Fsp3) is 0.400. The lowest BCUT2D eigenvalue weighted by atomic mass is 10.1. The number of amides is 4. The van der Waals surface area contributed by atoms with Gasteiger partial charge >= 0.3 is 6.09 Å². The van der Waals surface area contributed by atoms with Crippen LogP contribution >= 0.6 is 11.3 Å². The highest BCUT2D eigenvalue weighted by atomic mass is 32.1. The number of aromatic amines is 2. The SMILES string of the molecule is CC(=O)NCC(=O)N1CCCC1.CCC.CCC.COC(=O)NCC(=O)N1CCCC1.c1ncc(-c2ccc(-c3cn4cc(-c5ccc(-c6cnc[nH]6)cc5)sc4n3)cc2)[nH]1. The molecule has 326 valence electrons. The summed E-state index contributed by atoms with van der Waals surface area (Å²) in [7, 11) is 1.27. The molecular weight excluding hydrogens is 793 g/mol. The minimum atomic E-state index is -0.562. The number of H-pyrrole nitrogens is 2. The second-order valence-corrected chi connectivity index (χ2v) is 15.4. The number of alkyl carbamates (subject to hydrolysis) is 1. The Hall–Kier alpha value is -6.29. The number of imidazole rings is 3. The summed E-state index contributed by atoms with van der Waals surface area (Å²) in [6.07, 6.45) is 17.5. The summed E-state index contributed by atoms with van der Waals surface area (Å²) < 4.78 is 6.44. The van der Waals surface area contributed by atoms with Gasteiger partial charge in [-0.3, -0.25) is 18.8 Å². The van der Waals surface area contributed by atoms with Gasteiger partial charge in [-0.25, -0.2) is 19.7 Å². The Morgan fingerprint density at radius 1 is 0.672 bits per heavy atom. The van der Waals surface area contributed by atoms with Crippen LogP contribution in [0, 0.1) is 0 Å². The van der Waals surface area contributed by atoms with E-state index in [0.717, 1.165) is 90.6 Å². The number of hydrogen-bond donors (Lipinski definition) is 4. The van der Waals surface area contributed by atoms with E-state index in [0.29, 0.717) is 0 Å². The predicted octanol–water partition coefficient (Wildman–Crippen LogP) is 8.05. The van der Waals surface area contributed by atoms with E-state index in [9.17, 15) is 19.2 Å². The zero-order valence-corrected chi connectivity index (χ0v) is 37.0. The number of ether oxygens (including phenoxy) is 1. The molecule has 4 aromatic heterocycles. The van der Waals surface area contributed by atoms with E-state index in [1.807, 2.05) is 12.4 Å². The summed E-state index contributed by atoms with van der Waals surface area (Å²) in [5, 5.41) is 4.85. The van der Waals surface area contributed by atoms with Crippen molar-refractivity contribution in [2.24, 2.45) is 0 Å². The lowest BCUT2D eigenvalue weighted by molar-refractivity contribution is -0.131. The van der Waals surface area contributed by atoms with Crippen molar-refractivity contribution in [2.75, 3.05) is 46.4 Å². The molecule has 4 N–H and O–H groups in total. The molecule has 2 aliphatic heterocycles. The summed E-state index contributed by atoms with van der Waals surface area (Å²) in [6.45, 7) is 13.4. The molecule has 6 aromatic rings. The number of methoxy groups -OCH3 is 1. The van der Waals surface area contributed by atoms with E-state index in [1.165, 1.54) is 37.3 Å². The van der Waals surface area contributed by atoms with Crippen LogP contribution in [0.5, 0.6) is 0 Å². The van der Waals surface area contributed by atoms with Crippen molar-refractivity contribution in [3.63, 3.8) is 0 Å². The maximum atomic E-state index is 11.3. The van der Waals surface area contributed by atoms with Crippen molar-refractivity contribution in [3.8, 4) is 44.2 Å². The van der Waals surface area contributed by atoms with E-state index in [1.54, 1.807) is 33.8 Å². The van der Waals surface area contributed by atoms with Gasteiger partial charge in [0.25, 0.3) is 0 Å². The molecule has 4 amide bonds. The van der Waals surface area contributed by atoms with Crippen LogP contribution in [-0.2, 0) is 19.1 Å². The van der Waals surface area contributed by atoms with Gasteiger partial charge in [-0.2, -0.15) is 0 Å². The van der Waals surface area contributed by atoms with Gasteiger partial charge in [-0.15, -0.1) is 0 Å². The highest BCUT2D eigenvalue weighted by molar-refractivity contribution is 7.20. The second kappa shape index (κ2) is 25.4. The zero-order chi connectivity index (χ0) is 44.0. The molecular formula is C45H60N10O5S. The number of nitrogens with one attached hydrogen (secondary N) is 4. The molecule has 6 heterocycles. The third-order valence-corrected chi connectivity index (χ3v) is 10.1. The molecule has 2 fully saturated rings. The van der Waals surface area contributed by atoms with Gasteiger partial charge in [-0.1, -0.05) is 100 Å². The highest BCUT2D eigenvalue weighted by Crippen LogP contribution is 2.32. The number of carbonyl (C=O) groups excluding carboxylic acids is 4. The molecule has 0 atom stereocenters. The van der Waals surface area contributed by atoms with Gasteiger partial charge in [0.05, 0.1) is 60.7 Å². The van der Waals surface area contributed by atoms with Crippen LogP contribution in [0.25, 0.3) is 49.2 Å². The molecule has 0 bridgehead atoms. The van der Waals surface area contributed by atoms with Crippen LogP contribution in [0.2, 0.25) is 0 Å². The predicted molar refractivity (Wildman–Crippen MR) is 242 cm³/mol. The Morgan fingerprint density at radius 2 is 1.11 bits per heavy atom. The summed E-state index contributed by atoms with van der Waals surface area (Å²) in [5.74, 6) is -0.159. The van der Waals surface area contributed by atoms with Crippen LogP contribution in [0.4, 0.5) is 4.79 Å². The molecule has 0 unspecified atom stereocenters. The number of nitrogens with zero attached hydrogens (tertiary/aromatic N) is 6. The number of hydrogen-bond acceptors (Lipinski definition) is 9. The Bertz CT molecular complexity index is 2050. The second-order valence-electron chi connectivity index (χ2n) is 14.3. The van der Waals surface area contributed by atoms with Crippen molar-refractivity contribution in [1.29, 1.82) is 0 Å². The average molecular weight is 853 g/mol. The largest absolute Gasteiger partial charge is 0.453 e. The lowest BCUT2D eigenvalue weighted by Gasteiger charge is -2.14. The molecule has 61 heavy (non-hydrogen) atoms. The first-order valence-electron chi connectivity index (χ1n) is 20.9. The maximum Gasteiger partial charge on any atom is 0.407 e. The normalized spacial score (nSPS) is 12.7. The summed E-state index contributed by atoms with van der Waals surface area (Å²) >= 11 is 1.69. The third-order valence-electron chi connectivity index (χ3n) is 9.10. The smallest absolute Gasteiger partial charge is 0.407 e. The number of benzene rings is 2. The molecule has 2 aromatic carbocycles. The maximum absolute atomic E-state index is 11.3. The summed E-state index contributed by atoms with van der Waals surface area (Å²) in [5.41, 5.74) is 7.51. The fourth-order valence-corrected chi connectivity index (χ4v) is 7.08. The number of rotatable bonds is 8. The Balaban J connectivity index is 0.000000219. The molecule has 2 saturated heterocycles. The highest BCUT2D eigenvalue weighted by Gasteiger charge is 2.19. The first-order valence-corrected chi connectivity index (χ1v) is 21.7. The van der Waals surface area contributed by atoms with Crippen molar-refractivity contribution in [3.05, 3.63) is 86.0 Å². The average Bonchev–Trinajstić information content (AvgIpc) is 4.13. The van der Waals surface area contributed by atoms with Gasteiger partial charge in [0.1, 0.15) is 6.54 Å². The van der Waals surface area contributed by atoms with E-state index in [-0.39, 0.29) is 30.8 Å². The van der Waals surface area contributed by atoms with Crippen molar-refractivity contribution in [2.45, 2.75) is 73.1 Å². The molecule has 0 saturated carbocycles. The van der Waals surface area contributed by atoms with Crippen LogP contribution in [0.3, 0.4) is 0 Å².